The van der Waals surface area contributed by atoms with E-state index in [9.17, 15) is 0 Å². The molecule has 0 atom stereocenters. The standard InChI is InChI=1S/C9H11ClN/c1-9(2,11)7-3-5-8(10)6-4-7/h3-5H,11H2,1-2H3. The normalized spacial score (nSPS) is 11.6. The van der Waals surface area contributed by atoms with Crippen molar-refractivity contribution in [2.75, 3.05) is 0 Å². The monoisotopic (exact) mass is 168 g/mol. The molecule has 2 N–H and O–H groups in total. The molecule has 0 saturated heterocycles. The van der Waals surface area contributed by atoms with Gasteiger partial charge in [-0.3, -0.25) is 0 Å². The highest BCUT2D eigenvalue weighted by atomic mass is 35.5. The summed E-state index contributed by atoms with van der Waals surface area (Å²) in [7, 11) is 0. The van der Waals surface area contributed by atoms with Crippen LogP contribution in [-0.2, 0) is 5.54 Å². The molecule has 0 spiro atoms. The minimum atomic E-state index is -0.304. The summed E-state index contributed by atoms with van der Waals surface area (Å²) < 4.78 is 0. The largest absolute Gasteiger partial charge is 0.322 e. The molecule has 1 radical (unpaired) electrons. The Morgan fingerprint density at radius 1 is 1.45 bits per heavy atom. The van der Waals surface area contributed by atoms with Crippen molar-refractivity contribution < 1.29 is 0 Å². The van der Waals surface area contributed by atoms with Crippen LogP contribution in [0, 0.1) is 6.07 Å². The van der Waals surface area contributed by atoms with Gasteiger partial charge in [-0.05, 0) is 31.5 Å². The Morgan fingerprint density at radius 2 is 2.09 bits per heavy atom. The Balaban J connectivity index is 2.99. The number of hydrogen-bond acceptors (Lipinski definition) is 1. The lowest BCUT2D eigenvalue weighted by Crippen LogP contribution is -2.28. The Bertz CT molecular complexity index is 233. The first kappa shape index (κ1) is 8.57. The summed E-state index contributed by atoms with van der Waals surface area (Å²) in [6, 6.07) is 8.43. The number of nitrogens with two attached hydrogens (primary N) is 1. The number of halogens is 1. The van der Waals surface area contributed by atoms with Crippen LogP contribution in [0.15, 0.2) is 18.2 Å². The van der Waals surface area contributed by atoms with E-state index in [2.05, 4.69) is 6.07 Å². The van der Waals surface area contributed by atoms with E-state index < -0.39 is 0 Å². The summed E-state index contributed by atoms with van der Waals surface area (Å²) in [5.74, 6) is 0. The summed E-state index contributed by atoms with van der Waals surface area (Å²) in [5, 5.41) is 0.623. The zero-order valence-corrected chi connectivity index (χ0v) is 7.44. The van der Waals surface area contributed by atoms with E-state index in [0.29, 0.717) is 5.02 Å². The maximum Gasteiger partial charge on any atom is 0.0485 e. The third-order valence-corrected chi connectivity index (χ3v) is 1.75. The molecule has 1 rings (SSSR count). The fourth-order valence-electron chi connectivity index (χ4n) is 0.807. The maximum atomic E-state index is 5.84. The van der Waals surface area contributed by atoms with Crippen molar-refractivity contribution in [1.82, 2.24) is 0 Å². The highest BCUT2D eigenvalue weighted by Crippen LogP contribution is 2.18. The Labute approximate surface area is 72.2 Å². The molecule has 2 heteroatoms. The van der Waals surface area contributed by atoms with Gasteiger partial charge in [0.25, 0.3) is 0 Å². The highest BCUT2D eigenvalue weighted by molar-refractivity contribution is 6.30. The molecule has 1 aromatic rings. The van der Waals surface area contributed by atoms with Gasteiger partial charge in [0.05, 0.1) is 0 Å². The van der Waals surface area contributed by atoms with Crippen LogP contribution in [0.25, 0.3) is 0 Å². The lowest BCUT2D eigenvalue weighted by Gasteiger charge is -2.18. The first-order chi connectivity index (χ1) is 5.00. The molecule has 0 unspecified atom stereocenters. The Hall–Kier alpha value is -0.530. The van der Waals surface area contributed by atoms with Crippen LogP contribution in [0.4, 0.5) is 0 Å². The van der Waals surface area contributed by atoms with Gasteiger partial charge in [-0.15, -0.1) is 0 Å². The first-order valence-corrected chi connectivity index (χ1v) is 3.84. The van der Waals surface area contributed by atoms with Crippen molar-refractivity contribution in [3.05, 3.63) is 34.9 Å². The molecule has 0 saturated carbocycles. The first-order valence-electron chi connectivity index (χ1n) is 3.47. The molecule has 0 heterocycles. The van der Waals surface area contributed by atoms with Gasteiger partial charge in [0, 0.05) is 16.6 Å². The molecule has 0 aromatic heterocycles. The smallest absolute Gasteiger partial charge is 0.0485 e. The van der Waals surface area contributed by atoms with Crippen LogP contribution in [0.3, 0.4) is 0 Å². The summed E-state index contributed by atoms with van der Waals surface area (Å²) >= 11 is 5.67. The second-order valence-corrected chi connectivity index (χ2v) is 3.55. The molecule has 0 aliphatic heterocycles. The van der Waals surface area contributed by atoms with E-state index in [-0.39, 0.29) is 5.54 Å². The molecule has 1 aromatic carbocycles. The third kappa shape index (κ3) is 2.21. The van der Waals surface area contributed by atoms with Crippen molar-refractivity contribution in [3.63, 3.8) is 0 Å². The predicted octanol–water partition coefficient (Wildman–Crippen LogP) is 2.33. The molecule has 0 fully saturated rings. The summed E-state index contributed by atoms with van der Waals surface area (Å²) in [4.78, 5) is 0. The van der Waals surface area contributed by atoms with Crippen LogP contribution in [0.5, 0.6) is 0 Å². The van der Waals surface area contributed by atoms with Gasteiger partial charge in [-0.1, -0.05) is 17.7 Å². The van der Waals surface area contributed by atoms with Gasteiger partial charge < -0.3 is 5.73 Å². The van der Waals surface area contributed by atoms with Crippen molar-refractivity contribution in [3.8, 4) is 0 Å². The van der Waals surface area contributed by atoms with Crippen LogP contribution < -0.4 is 5.73 Å². The van der Waals surface area contributed by atoms with Crippen LogP contribution in [0.1, 0.15) is 19.4 Å². The molecule has 59 valence electrons. The summed E-state index contributed by atoms with van der Waals surface area (Å²) in [5.41, 5.74) is 6.58. The van der Waals surface area contributed by atoms with Crippen LogP contribution in [0.2, 0.25) is 5.02 Å². The SMILES string of the molecule is CC(C)(N)c1c[c]c(Cl)cc1. The molecule has 11 heavy (non-hydrogen) atoms. The van der Waals surface area contributed by atoms with E-state index in [1.807, 2.05) is 26.0 Å². The van der Waals surface area contributed by atoms with E-state index >= 15 is 0 Å². The van der Waals surface area contributed by atoms with Crippen LogP contribution >= 0.6 is 11.6 Å². The van der Waals surface area contributed by atoms with Gasteiger partial charge >= 0.3 is 0 Å². The maximum absolute atomic E-state index is 5.84. The van der Waals surface area contributed by atoms with Gasteiger partial charge in [0.1, 0.15) is 0 Å². The van der Waals surface area contributed by atoms with E-state index in [1.54, 1.807) is 6.07 Å². The Kier molecular flexibility index (Phi) is 2.21. The molecular formula is C9H11ClN. The zero-order valence-electron chi connectivity index (χ0n) is 6.69. The topological polar surface area (TPSA) is 26.0 Å². The van der Waals surface area contributed by atoms with E-state index in [4.69, 9.17) is 17.3 Å². The van der Waals surface area contributed by atoms with Gasteiger partial charge in [-0.2, -0.15) is 0 Å². The summed E-state index contributed by atoms with van der Waals surface area (Å²) in [6.07, 6.45) is 0. The number of hydrogen-bond donors (Lipinski definition) is 1. The highest BCUT2D eigenvalue weighted by Gasteiger charge is 2.12. The lowest BCUT2D eigenvalue weighted by molar-refractivity contribution is 0.554. The van der Waals surface area contributed by atoms with Crippen molar-refractivity contribution >= 4 is 11.6 Å². The average Bonchev–Trinajstić information content (AvgIpc) is 1.86. The van der Waals surface area contributed by atoms with Gasteiger partial charge in [-0.25, -0.2) is 0 Å². The van der Waals surface area contributed by atoms with E-state index in [1.165, 1.54) is 0 Å². The van der Waals surface area contributed by atoms with Crippen LogP contribution in [-0.4, -0.2) is 0 Å². The molecule has 0 amide bonds. The molecular weight excluding hydrogens is 158 g/mol. The Morgan fingerprint density at radius 3 is 2.45 bits per heavy atom. The molecule has 0 aliphatic carbocycles. The predicted molar refractivity (Wildman–Crippen MR) is 47.5 cm³/mol. The van der Waals surface area contributed by atoms with Crippen molar-refractivity contribution in [1.29, 1.82) is 0 Å². The van der Waals surface area contributed by atoms with Gasteiger partial charge in [0.2, 0.25) is 0 Å². The zero-order chi connectivity index (χ0) is 8.48. The number of rotatable bonds is 1. The minimum Gasteiger partial charge on any atom is -0.322 e. The summed E-state index contributed by atoms with van der Waals surface area (Å²) in [6.45, 7) is 3.90. The second kappa shape index (κ2) is 2.84. The third-order valence-electron chi connectivity index (χ3n) is 1.52. The number of benzene rings is 1. The minimum absolute atomic E-state index is 0.304. The van der Waals surface area contributed by atoms with Gasteiger partial charge in [0.15, 0.2) is 0 Å². The fourth-order valence-corrected chi connectivity index (χ4v) is 0.924. The average molecular weight is 169 g/mol. The molecule has 0 bridgehead atoms. The fraction of sp³-hybridized carbons (Fsp3) is 0.333. The molecule has 0 aliphatic rings. The molecule has 1 nitrogen and oxygen atoms in total. The van der Waals surface area contributed by atoms with Crippen molar-refractivity contribution in [2.24, 2.45) is 5.73 Å². The van der Waals surface area contributed by atoms with E-state index in [0.717, 1.165) is 5.56 Å². The second-order valence-electron chi connectivity index (χ2n) is 3.15. The lowest BCUT2D eigenvalue weighted by atomic mass is 9.96. The van der Waals surface area contributed by atoms with Crippen molar-refractivity contribution in [2.45, 2.75) is 19.4 Å². The quantitative estimate of drug-likeness (QED) is 0.685.